The average molecular weight is 311 g/mol. The normalized spacial score (nSPS) is 10.3. The molecule has 0 aliphatic carbocycles. The standard InChI is InChI=1S/C14H15ClN2O4/c1-7-12(8(2)21-17-7)14(18)16-13-10(15)5-9(19-3)6-11(13)20-4/h5-6H,1-4H3,(H,16,18). The van der Waals surface area contributed by atoms with Gasteiger partial charge in [0.1, 0.15) is 28.5 Å². The summed E-state index contributed by atoms with van der Waals surface area (Å²) in [6, 6.07) is 3.22. The van der Waals surface area contributed by atoms with Gasteiger partial charge in [-0.2, -0.15) is 0 Å². The van der Waals surface area contributed by atoms with Crippen molar-refractivity contribution in [2.75, 3.05) is 19.5 Å². The van der Waals surface area contributed by atoms with Crippen LogP contribution in [0.15, 0.2) is 16.7 Å². The van der Waals surface area contributed by atoms with Crippen molar-refractivity contribution in [2.24, 2.45) is 0 Å². The molecule has 0 aliphatic rings. The summed E-state index contributed by atoms with van der Waals surface area (Å²) in [4.78, 5) is 12.3. The Morgan fingerprint density at radius 3 is 2.52 bits per heavy atom. The fourth-order valence-electron chi connectivity index (χ4n) is 1.94. The van der Waals surface area contributed by atoms with Gasteiger partial charge < -0.3 is 19.3 Å². The van der Waals surface area contributed by atoms with Crippen LogP contribution in [0.25, 0.3) is 0 Å². The van der Waals surface area contributed by atoms with E-state index in [0.29, 0.717) is 39.2 Å². The summed E-state index contributed by atoms with van der Waals surface area (Å²) in [5.74, 6) is 1.01. The molecule has 1 aromatic carbocycles. The molecule has 2 aromatic rings. The number of carbonyl (C=O) groups is 1. The Morgan fingerprint density at radius 2 is 2.00 bits per heavy atom. The number of benzene rings is 1. The van der Waals surface area contributed by atoms with Gasteiger partial charge in [0.2, 0.25) is 0 Å². The number of hydrogen-bond acceptors (Lipinski definition) is 5. The largest absolute Gasteiger partial charge is 0.497 e. The molecule has 21 heavy (non-hydrogen) atoms. The second kappa shape index (κ2) is 6.05. The van der Waals surface area contributed by atoms with Gasteiger partial charge in [0, 0.05) is 12.1 Å². The third kappa shape index (κ3) is 2.95. The van der Waals surface area contributed by atoms with Gasteiger partial charge in [-0.3, -0.25) is 4.79 Å². The molecule has 7 heteroatoms. The predicted octanol–water partition coefficient (Wildman–Crippen LogP) is 3.21. The zero-order valence-corrected chi connectivity index (χ0v) is 12.9. The first-order valence-electron chi connectivity index (χ1n) is 6.13. The van der Waals surface area contributed by atoms with E-state index in [-0.39, 0.29) is 5.91 Å². The van der Waals surface area contributed by atoms with E-state index >= 15 is 0 Å². The smallest absolute Gasteiger partial charge is 0.261 e. The molecule has 0 radical (unpaired) electrons. The van der Waals surface area contributed by atoms with E-state index in [1.807, 2.05) is 0 Å². The number of nitrogens with one attached hydrogen (secondary N) is 1. The van der Waals surface area contributed by atoms with Gasteiger partial charge in [0.15, 0.2) is 0 Å². The fraction of sp³-hybridized carbons (Fsp3) is 0.286. The molecule has 1 amide bonds. The highest BCUT2D eigenvalue weighted by molar-refractivity contribution is 6.34. The minimum atomic E-state index is -0.364. The highest BCUT2D eigenvalue weighted by Gasteiger charge is 2.20. The lowest BCUT2D eigenvalue weighted by molar-refractivity contribution is 0.102. The molecule has 0 unspecified atom stereocenters. The number of methoxy groups -OCH3 is 2. The quantitative estimate of drug-likeness (QED) is 0.938. The third-order valence-corrected chi connectivity index (χ3v) is 3.28. The molecule has 2 rings (SSSR count). The molecule has 0 aliphatic heterocycles. The fourth-order valence-corrected chi connectivity index (χ4v) is 2.19. The highest BCUT2D eigenvalue weighted by Crippen LogP contribution is 2.37. The lowest BCUT2D eigenvalue weighted by Crippen LogP contribution is -2.14. The van der Waals surface area contributed by atoms with Crippen LogP contribution in [0.1, 0.15) is 21.8 Å². The van der Waals surface area contributed by atoms with Crippen molar-refractivity contribution in [3.05, 3.63) is 34.2 Å². The molecule has 0 bridgehead atoms. The number of nitrogens with zero attached hydrogens (tertiary/aromatic N) is 1. The maximum Gasteiger partial charge on any atom is 0.261 e. The van der Waals surface area contributed by atoms with Crippen LogP contribution in [-0.4, -0.2) is 25.3 Å². The molecule has 1 heterocycles. The number of halogens is 1. The third-order valence-electron chi connectivity index (χ3n) is 2.98. The van der Waals surface area contributed by atoms with Crippen molar-refractivity contribution in [3.63, 3.8) is 0 Å². The first-order chi connectivity index (χ1) is 9.97. The van der Waals surface area contributed by atoms with Crippen molar-refractivity contribution >= 4 is 23.2 Å². The maximum absolute atomic E-state index is 12.3. The molecule has 0 saturated heterocycles. The predicted molar refractivity (Wildman–Crippen MR) is 78.5 cm³/mol. The SMILES string of the molecule is COc1cc(Cl)c(NC(=O)c2c(C)noc2C)c(OC)c1. The summed E-state index contributed by atoms with van der Waals surface area (Å²) in [5, 5.41) is 6.78. The minimum Gasteiger partial charge on any atom is -0.497 e. The summed E-state index contributed by atoms with van der Waals surface area (Å²) in [6.45, 7) is 3.36. The molecule has 0 saturated carbocycles. The molecule has 1 aromatic heterocycles. The van der Waals surface area contributed by atoms with E-state index in [0.717, 1.165) is 0 Å². The lowest BCUT2D eigenvalue weighted by Gasteiger charge is -2.13. The van der Waals surface area contributed by atoms with E-state index < -0.39 is 0 Å². The topological polar surface area (TPSA) is 73.6 Å². The number of carbonyl (C=O) groups excluding carboxylic acids is 1. The van der Waals surface area contributed by atoms with Crippen LogP contribution >= 0.6 is 11.6 Å². The Hall–Kier alpha value is -2.21. The van der Waals surface area contributed by atoms with Crippen molar-refractivity contribution < 1.29 is 18.8 Å². The van der Waals surface area contributed by atoms with Gasteiger partial charge in [-0.1, -0.05) is 16.8 Å². The van der Waals surface area contributed by atoms with Crippen molar-refractivity contribution in [1.82, 2.24) is 5.16 Å². The number of aryl methyl sites for hydroxylation is 2. The minimum absolute atomic E-state index is 0.311. The van der Waals surface area contributed by atoms with E-state index in [9.17, 15) is 4.79 Å². The van der Waals surface area contributed by atoms with Gasteiger partial charge in [-0.15, -0.1) is 0 Å². The Morgan fingerprint density at radius 1 is 1.29 bits per heavy atom. The molecule has 0 fully saturated rings. The summed E-state index contributed by atoms with van der Waals surface area (Å²) in [7, 11) is 3.00. The summed E-state index contributed by atoms with van der Waals surface area (Å²) in [5.41, 5.74) is 1.25. The van der Waals surface area contributed by atoms with Gasteiger partial charge in [0.05, 0.1) is 24.9 Å². The molecular weight excluding hydrogens is 296 g/mol. The Bertz CT molecular complexity index is 662. The summed E-state index contributed by atoms with van der Waals surface area (Å²) < 4.78 is 15.3. The van der Waals surface area contributed by atoms with Gasteiger partial charge >= 0.3 is 0 Å². The average Bonchev–Trinajstić information content (AvgIpc) is 2.79. The second-order valence-corrected chi connectivity index (χ2v) is 4.75. The highest BCUT2D eigenvalue weighted by atomic mass is 35.5. The molecular formula is C14H15ClN2O4. The second-order valence-electron chi connectivity index (χ2n) is 4.34. The molecule has 0 spiro atoms. The summed E-state index contributed by atoms with van der Waals surface area (Å²) in [6.07, 6.45) is 0. The maximum atomic E-state index is 12.3. The number of hydrogen-bond donors (Lipinski definition) is 1. The van der Waals surface area contributed by atoms with E-state index in [1.165, 1.54) is 14.2 Å². The van der Waals surface area contributed by atoms with Crippen molar-refractivity contribution in [3.8, 4) is 11.5 Å². The number of rotatable bonds is 4. The lowest BCUT2D eigenvalue weighted by atomic mass is 10.2. The molecule has 1 N–H and O–H groups in total. The van der Waals surface area contributed by atoms with E-state index in [1.54, 1.807) is 26.0 Å². The van der Waals surface area contributed by atoms with Gasteiger partial charge in [-0.05, 0) is 13.8 Å². The Balaban J connectivity index is 2.38. The molecule has 0 atom stereocenters. The number of aromatic nitrogens is 1. The van der Waals surface area contributed by atoms with Gasteiger partial charge in [0.25, 0.3) is 5.91 Å². The van der Waals surface area contributed by atoms with Crippen LogP contribution in [0.4, 0.5) is 5.69 Å². The monoisotopic (exact) mass is 310 g/mol. The van der Waals surface area contributed by atoms with Crippen LogP contribution in [0.2, 0.25) is 5.02 Å². The number of amides is 1. The number of ether oxygens (including phenoxy) is 2. The summed E-state index contributed by atoms with van der Waals surface area (Å²) >= 11 is 6.16. The van der Waals surface area contributed by atoms with Crippen molar-refractivity contribution in [1.29, 1.82) is 0 Å². The van der Waals surface area contributed by atoms with E-state index in [2.05, 4.69) is 10.5 Å². The van der Waals surface area contributed by atoms with Gasteiger partial charge in [-0.25, -0.2) is 0 Å². The first-order valence-corrected chi connectivity index (χ1v) is 6.51. The Kier molecular flexibility index (Phi) is 4.37. The zero-order chi connectivity index (χ0) is 15.6. The molecule has 6 nitrogen and oxygen atoms in total. The van der Waals surface area contributed by atoms with Crippen LogP contribution in [0, 0.1) is 13.8 Å². The zero-order valence-electron chi connectivity index (χ0n) is 12.1. The number of anilines is 1. The van der Waals surface area contributed by atoms with Crippen LogP contribution in [0.5, 0.6) is 11.5 Å². The van der Waals surface area contributed by atoms with E-state index in [4.69, 9.17) is 25.6 Å². The van der Waals surface area contributed by atoms with Crippen LogP contribution < -0.4 is 14.8 Å². The molecule has 112 valence electrons. The Labute approximate surface area is 127 Å². The van der Waals surface area contributed by atoms with Crippen LogP contribution in [0.3, 0.4) is 0 Å². The van der Waals surface area contributed by atoms with Crippen LogP contribution in [-0.2, 0) is 0 Å². The first kappa shape index (κ1) is 15.2. The van der Waals surface area contributed by atoms with Crippen molar-refractivity contribution in [2.45, 2.75) is 13.8 Å².